The SMILES string of the molecule is OC1(C2CCOC3(CCOC3)C2)CCCNCC1. The third-order valence-electron chi connectivity index (χ3n) is 5.02. The molecule has 18 heavy (non-hydrogen) atoms. The van der Waals surface area contributed by atoms with Crippen LogP contribution in [0.3, 0.4) is 0 Å². The fraction of sp³-hybridized carbons (Fsp3) is 1.00. The van der Waals surface area contributed by atoms with Crippen LogP contribution >= 0.6 is 0 Å². The Labute approximate surface area is 109 Å². The maximum absolute atomic E-state index is 11.0. The van der Waals surface area contributed by atoms with Crippen molar-refractivity contribution in [2.45, 2.75) is 49.7 Å². The first kappa shape index (κ1) is 12.9. The molecule has 0 aromatic carbocycles. The summed E-state index contributed by atoms with van der Waals surface area (Å²) in [5.74, 6) is 0.382. The Kier molecular flexibility index (Phi) is 3.63. The first-order valence-corrected chi connectivity index (χ1v) is 7.37. The van der Waals surface area contributed by atoms with Crippen LogP contribution in [0.1, 0.15) is 38.5 Å². The van der Waals surface area contributed by atoms with E-state index in [1.165, 1.54) is 0 Å². The zero-order valence-electron chi connectivity index (χ0n) is 11.1. The number of hydrogen-bond donors (Lipinski definition) is 2. The van der Waals surface area contributed by atoms with Crippen molar-refractivity contribution in [1.82, 2.24) is 5.32 Å². The predicted octanol–water partition coefficient (Wildman–Crippen LogP) is 1.08. The fourth-order valence-corrected chi connectivity index (χ4v) is 3.83. The van der Waals surface area contributed by atoms with Crippen molar-refractivity contribution in [3.63, 3.8) is 0 Å². The summed E-state index contributed by atoms with van der Waals surface area (Å²) in [7, 11) is 0. The second-order valence-electron chi connectivity index (χ2n) is 6.23. The van der Waals surface area contributed by atoms with Gasteiger partial charge in [-0.15, -0.1) is 0 Å². The van der Waals surface area contributed by atoms with Gasteiger partial charge in [0, 0.05) is 19.6 Å². The third kappa shape index (κ3) is 2.44. The summed E-state index contributed by atoms with van der Waals surface area (Å²) in [5, 5.41) is 14.4. The lowest BCUT2D eigenvalue weighted by Gasteiger charge is -2.44. The molecule has 104 valence electrons. The third-order valence-corrected chi connectivity index (χ3v) is 5.02. The van der Waals surface area contributed by atoms with Crippen molar-refractivity contribution in [2.24, 2.45) is 5.92 Å². The topological polar surface area (TPSA) is 50.7 Å². The van der Waals surface area contributed by atoms with Crippen molar-refractivity contribution in [1.29, 1.82) is 0 Å². The molecule has 4 nitrogen and oxygen atoms in total. The average Bonchev–Trinajstić information content (AvgIpc) is 2.69. The quantitative estimate of drug-likeness (QED) is 0.736. The van der Waals surface area contributed by atoms with E-state index in [0.29, 0.717) is 5.92 Å². The summed E-state index contributed by atoms with van der Waals surface area (Å²) in [6, 6.07) is 0. The van der Waals surface area contributed by atoms with Gasteiger partial charge in [0.2, 0.25) is 0 Å². The van der Waals surface area contributed by atoms with Crippen molar-refractivity contribution in [2.75, 3.05) is 32.9 Å². The van der Waals surface area contributed by atoms with E-state index in [9.17, 15) is 5.11 Å². The molecule has 3 aliphatic rings. The zero-order chi connectivity index (χ0) is 12.5. The van der Waals surface area contributed by atoms with E-state index in [4.69, 9.17) is 9.47 Å². The standard InChI is InChI=1S/C14H25NO3/c16-14(3-1-6-15-7-4-14)12-2-8-18-13(10-12)5-9-17-11-13/h12,15-16H,1-11H2. The van der Waals surface area contributed by atoms with Crippen LogP contribution in [0.2, 0.25) is 0 Å². The van der Waals surface area contributed by atoms with Crippen LogP contribution in [0, 0.1) is 5.92 Å². The summed E-state index contributed by atoms with van der Waals surface area (Å²) >= 11 is 0. The van der Waals surface area contributed by atoms with Gasteiger partial charge in [0.15, 0.2) is 0 Å². The van der Waals surface area contributed by atoms with E-state index < -0.39 is 5.60 Å². The largest absolute Gasteiger partial charge is 0.390 e. The van der Waals surface area contributed by atoms with E-state index in [1.54, 1.807) is 0 Å². The van der Waals surface area contributed by atoms with Crippen LogP contribution in [0.4, 0.5) is 0 Å². The van der Waals surface area contributed by atoms with Gasteiger partial charge >= 0.3 is 0 Å². The summed E-state index contributed by atoms with van der Waals surface area (Å²) in [5.41, 5.74) is -0.568. The summed E-state index contributed by atoms with van der Waals surface area (Å²) in [6.45, 7) is 4.30. The lowest BCUT2D eigenvalue weighted by Crippen LogP contribution is -2.49. The Bertz CT molecular complexity index is 281. The van der Waals surface area contributed by atoms with Gasteiger partial charge in [-0.25, -0.2) is 0 Å². The van der Waals surface area contributed by atoms with Crippen LogP contribution in [0.15, 0.2) is 0 Å². The maximum Gasteiger partial charge on any atom is 0.0940 e. The van der Waals surface area contributed by atoms with Gasteiger partial charge in [-0.1, -0.05) is 0 Å². The number of aliphatic hydroxyl groups is 1. The highest BCUT2D eigenvalue weighted by atomic mass is 16.6. The molecular formula is C14H25NO3. The molecule has 0 bridgehead atoms. The Hall–Kier alpha value is -0.160. The molecule has 3 saturated heterocycles. The van der Waals surface area contributed by atoms with Gasteiger partial charge in [0.1, 0.15) is 0 Å². The lowest BCUT2D eigenvalue weighted by atomic mass is 9.72. The molecule has 3 aliphatic heterocycles. The molecule has 4 heteroatoms. The molecule has 3 rings (SSSR count). The number of ether oxygens (including phenoxy) is 2. The van der Waals surface area contributed by atoms with Crippen LogP contribution in [-0.4, -0.2) is 49.2 Å². The highest BCUT2D eigenvalue weighted by Gasteiger charge is 2.47. The number of hydrogen-bond acceptors (Lipinski definition) is 4. The summed E-state index contributed by atoms with van der Waals surface area (Å²) in [6.07, 6.45) is 5.87. The molecule has 3 atom stereocenters. The van der Waals surface area contributed by atoms with E-state index in [1.807, 2.05) is 0 Å². The first-order valence-electron chi connectivity index (χ1n) is 7.37. The van der Waals surface area contributed by atoms with Gasteiger partial charge < -0.3 is 19.9 Å². The number of nitrogens with one attached hydrogen (secondary N) is 1. The monoisotopic (exact) mass is 255 g/mol. The van der Waals surface area contributed by atoms with Crippen molar-refractivity contribution in [3.8, 4) is 0 Å². The van der Waals surface area contributed by atoms with Crippen molar-refractivity contribution < 1.29 is 14.6 Å². The minimum atomic E-state index is -0.483. The number of rotatable bonds is 1. The fourth-order valence-electron chi connectivity index (χ4n) is 3.83. The highest BCUT2D eigenvalue weighted by Crippen LogP contribution is 2.43. The maximum atomic E-state index is 11.0. The molecule has 3 fully saturated rings. The molecule has 0 aromatic heterocycles. The smallest absolute Gasteiger partial charge is 0.0940 e. The second-order valence-corrected chi connectivity index (χ2v) is 6.23. The minimum absolute atomic E-state index is 0.0849. The summed E-state index contributed by atoms with van der Waals surface area (Å²) in [4.78, 5) is 0. The molecule has 1 spiro atoms. The molecule has 3 heterocycles. The average molecular weight is 255 g/mol. The van der Waals surface area contributed by atoms with E-state index in [0.717, 1.165) is 71.4 Å². The molecule has 0 aromatic rings. The van der Waals surface area contributed by atoms with E-state index >= 15 is 0 Å². The molecule has 0 amide bonds. The molecular weight excluding hydrogens is 230 g/mol. The predicted molar refractivity (Wildman–Crippen MR) is 68.5 cm³/mol. The van der Waals surface area contributed by atoms with E-state index in [2.05, 4.69) is 5.32 Å². The first-order chi connectivity index (χ1) is 8.73. The van der Waals surface area contributed by atoms with Crippen LogP contribution in [-0.2, 0) is 9.47 Å². The van der Waals surface area contributed by atoms with Crippen LogP contribution < -0.4 is 5.32 Å². The molecule has 2 N–H and O–H groups in total. The van der Waals surface area contributed by atoms with Crippen LogP contribution in [0.5, 0.6) is 0 Å². The Morgan fingerprint density at radius 2 is 2.06 bits per heavy atom. The molecule has 0 aliphatic carbocycles. The minimum Gasteiger partial charge on any atom is -0.390 e. The van der Waals surface area contributed by atoms with Gasteiger partial charge in [0.05, 0.1) is 17.8 Å². The molecule has 0 saturated carbocycles. The van der Waals surface area contributed by atoms with Gasteiger partial charge in [-0.05, 0) is 51.1 Å². The van der Waals surface area contributed by atoms with E-state index in [-0.39, 0.29) is 5.60 Å². The summed E-state index contributed by atoms with van der Waals surface area (Å²) < 4.78 is 11.5. The zero-order valence-corrected chi connectivity index (χ0v) is 11.1. The highest BCUT2D eigenvalue weighted by molar-refractivity contribution is 4.98. The normalized spacial score (nSPS) is 46.2. The Morgan fingerprint density at radius 3 is 2.89 bits per heavy atom. The van der Waals surface area contributed by atoms with Gasteiger partial charge in [-0.3, -0.25) is 0 Å². The van der Waals surface area contributed by atoms with Crippen molar-refractivity contribution in [3.05, 3.63) is 0 Å². The van der Waals surface area contributed by atoms with Gasteiger partial charge in [-0.2, -0.15) is 0 Å². The Morgan fingerprint density at radius 1 is 1.11 bits per heavy atom. The van der Waals surface area contributed by atoms with Gasteiger partial charge in [0.25, 0.3) is 0 Å². The van der Waals surface area contributed by atoms with Crippen molar-refractivity contribution >= 4 is 0 Å². The van der Waals surface area contributed by atoms with Crippen LogP contribution in [0.25, 0.3) is 0 Å². The lowest BCUT2D eigenvalue weighted by molar-refractivity contribution is -0.145. The second kappa shape index (κ2) is 5.08. The molecule has 3 unspecified atom stereocenters. The molecule has 0 radical (unpaired) electrons. The Balaban J connectivity index is 1.70.